The zero-order chi connectivity index (χ0) is 19.3. The molecule has 0 radical (unpaired) electrons. The summed E-state index contributed by atoms with van der Waals surface area (Å²) in [6.45, 7) is 6.05. The number of benzene rings is 2. The Hall–Kier alpha value is -2.53. The highest BCUT2D eigenvalue weighted by Crippen LogP contribution is 2.28. The molecule has 2 aromatic rings. The second kappa shape index (κ2) is 8.72. The van der Waals surface area contributed by atoms with Gasteiger partial charge in [0.05, 0.1) is 12.1 Å². The highest BCUT2D eigenvalue weighted by atomic mass is 35.5. The van der Waals surface area contributed by atoms with E-state index in [9.17, 15) is 9.59 Å². The van der Waals surface area contributed by atoms with Crippen molar-refractivity contribution in [2.24, 2.45) is 0 Å². The smallest absolute Gasteiger partial charge is 0.233 e. The number of anilines is 2. The molecule has 0 aliphatic rings. The molecule has 0 fully saturated rings. The molecule has 5 nitrogen and oxygen atoms in total. The third kappa shape index (κ3) is 4.99. The summed E-state index contributed by atoms with van der Waals surface area (Å²) in [6.07, 6.45) is -0.282. The van der Waals surface area contributed by atoms with Gasteiger partial charge in [0.2, 0.25) is 11.8 Å². The molecular weight excluding hydrogens is 352 g/mol. The Morgan fingerprint density at radius 3 is 2.42 bits per heavy atom. The van der Waals surface area contributed by atoms with Gasteiger partial charge in [-0.2, -0.15) is 0 Å². The quantitative estimate of drug-likeness (QED) is 0.717. The Kier molecular flexibility index (Phi) is 6.64. The molecule has 0 spiro atoms. The molecule has 26 heavy (non-hydrogen) atoms. The van der Waals surface area contributed by atoms with E-state index in [1.165, 1.54) is 7.11 Å². The fourth-order valence-electron chi connectivity index (χ4n) is 2.62. The molecule has 0 bridgehead atoms. The number of hydrogen-bond donors (Lipinski definition) is 2. The van der Waals surface area contributed by atoms with Crippen LogP contribution in [0.4, 0.5) is 11.4 Å². The molecule has 2 N–H and O–H groups in total. The Balaban J connectivity index is 2.02. The lowest BCUT2D eigenvalue weighted by atomic mass is 9.98. The molecule has 138 valence electrons. The van der Waals surface area contributed by atoms with Crippen LogP contribution in [-0.4, -0.2) is 18.9 Å². The number of carbonyl (C=O) groups is 2. The first-order valence-electron chi connectivity index (χ1n) is 8.34. The summed E-state index contributed by atoms with van der Waals surface area (Å²) in [5.74, 6) is 0.00497. The maximum Gasteiger partial charge on any atom is 0.233 e. The highest BCUT2D eigenvalue weighted by Gasteiger charge is 2.15. The van der Waals surface area contributed by atoms with Crippen LogP contribution in [0.2, 0.25) is 5.02 Å². The molecule has 0 unspecified atom stereocenters. The van der Waals surface area contributed by atoms with Gasteiger partial charge in [0.15, 0.2) is 0 Å². The molecule has 0 saturated heterocycles. The maximum absolute atomic E-state index is 12.3. The molecule has 0 aliphatic heterocycles. The Labute approximate surface area is 158 Å². The molecule has 6 heteroatoms. The average Bonchev–Trinajstić information content (AvgIpc) is 2.56. The van der Waals surface area contributed by atoms with Gasteiger partial charge in [-0.1, -0.05) is 43.6 Å². The van der Waals surface area contributed by atoms with E-state index < -0.39 is 5.91 Å². The Morgan fingerprint density at radius 2 is 1.81 bits per heavy atom. The van der Waals surface area contributed by atoms with Crippen LogP contribution in [0, 0.1) is 6.92 Å². The third-order valence-electron chi connectivity index (χ3n) is 3.95. The van der Waals surface area contributed by atoms with Crippen LogP contribution in [0.1, 0.15) is 37.3 Å². The second-order valence-electron chi connectivity index (χ2n) is 6.32. The summed E-state index contributed by atoms with van der Waals surface area (Å²) in [5, 5.41) is 5.91. The molecule has 2 rings (SSSR count). The van der Waals surface area contributed by atoms with Crippen LogP contribution in [0.3, 0.4) is 0 Å². The first-order chi connectivity index (χ1) is 12.3. The number of aryl methyl sites for hydroxylation is 1. The van der Waals surface area contributed by atoms with Crippen LogP contribution < -0.4 is 15.4 Å². The van der Waals surface area contributed by atoms with Crippen LogP contribution in [0.25, 0.3) is 0 Å². The number of ether oxygens (including phenoxy) is 1. The SMILES string of the molecule is COc1ccc(NC(=O)CC(=O)Nc2c(C)cccc2C(C)C)cc1Cl. The number of halogens is 1. The van der Waals surface area contributed by atoms with Crippen LogP contribution in [-0.2, 0) is 9.59 Å². The van der Waals surface area contributed by atoms with Crippen LogP contribution >= 0.6 is 11.6 Å². The molecule has 0 saturated carbocycles. The summed E-state index contributed by atoms with van der Waals surface area (Å²) in [5.41, 5.74) is 3.28. The molecular formula is C20H23ClN2O3. The standard InChI is InChI=1S/C20H23ClN2O3/c1-12(2)15-7-5-6-13(3)20(15)23-19(25)11-18(24)22-14-8-9-17(26-4)16(21)10-14/h5-10,12H,11H2,1-4H3,(H,22,24)(H,23,25). The van der Waals surface area contributed by atoms with E-state index in [0.717, 1.165) is 16.8 Å². The normalized spacial score (nSPS) is 10.5. The van der Waals surface area contributed by atoms with Crippen LogP contribution in [0.5, 0.6) is 5.75 Å². The maximum atomic E-state index is 12.3. The monoisotopic (exact) mass is 374 g/mol. The van der Waals surface area contributed by atoms with Gasteiger partial charge in [0, 0.05) is 11.4 Å². The lowest BCUT2D eigenvalue weighted by molar-refractivity contribution is -0.123. The van der Waals surface area contributed by atoms with Gasteiger partial charge in [-0.25, -0.2) is 0 Å². The number of carbonyl (C=O) groups excluding carboxylic acids is 2. The van der Waals surface area contributed by atoms with E-state index in [4.69, 9.17) is 16.3 Å². The predicted molar refractivity (Wildman–Crippen MR) is 105 cm³/mol. The number of rotatable bonds is 6. The third-order valence-corrected chi connectivity index (χ3v) is 4.24. The molecule has 0 heterocycles. The number of para-hydroxylation sites is 1. The van der Waals surface area contributed by atoms with Crippen molar-refractivity contribution in [3.63, 3.8) is 0 Å². The zero-order valence-electron chi connectivity index (χ0n) is 15.4. The van der Waals surface area contributed by atoms with Crippen molar-refractivity contribution in [3.05, 3.63) is 52.5 Å². The topological polar surface area (TPSA) is 67.4 Å². The largest absolute Gasteiger partial charge is 0.495 e. The lowest BCUT2D eigenvalue weighted by Crippen LogP contribution is -2.22. The van der Waals surface area contributed by atoms with Gasteiger partial charge in [-0.3, -0.25) is 9.59 Å². The molecule has 0 aromatic heterocycles. The van der Waals surface area contributed by atoms with E-state index in [-0.39, 0.29) is 18.2 Å². The van der Waals surface area contributed by atoms with Crippen molar-refractivity contribution >= 4 is 34.8 Å². The van der Waals surface area contributed by atoms with Gasteiger partial charge in [-0.05, 0) is 42.2 Å². The van der Waals surface area contributed by atoms with E-state index in [1.54, 1.807) is 18.2 Å². The molecule has 2 amide bonds. The summed E-state index contributed by atoms with van der Waals surface area (Å²) in [6, 6.07) is 10.8. The van der Waals surface area contributed by atoms with E-state index in [1.807, 2.05) is 25.1 Å². The average molecular weight is 375 g/mol. The van der Waals surface area contributed by atoms with Crippen LogP contribution in [0.15, 0.2) is 36.4 Å². The van der Waals surface area contributed by atoms with Crippen molar-refractivity contribution < 1.29 is 14.3 Å². The van der Waals surface area contributed by atoms with Crippen molar-refractivity contribution in [1.82, 2.24) is 0 Å². The number of amides is 2. The molecule has 0 aliphatic carbocycles. The van der Waals surface area contributed by atoms with Crippen molar-refractivity contribution in [3.8, 4) is 5.75 Å². The van der Waals surface area contributed by atoms with Gasteiger partial charge in [0.25, 0.3) is 0 Å². The minimum atomic E-state index is -0.414. The second-order valence-corrected chi connectivity index (χ2v) is 6.72. The fourth-order valence-corrected chi connectivity index (χ4v) is 2.88. The summed E-state index contributed by atoms with van der Waals surface area (Å²) >= 11 is 6.03. The zero-order valence-corrected chi connectivity index (χ0v) is 16.1. The summed E-state index contributed by atoms with van der Waals surface area (Å²) in [7, 11) is 1.51. The van der Waals surface area contributed by atoms with Gasteiger partial charge >= 0.3 is 0 Å². The number of hydrogen-bond acceptors (Lipinski definition) is 3. The highest BCUT2D eigenvalue weighted by molar-refractivity contribution is 6.32. The van der Waals surface area contributed by atoms with Crippen molar-refractivity contribution in [2.45, 2.75) is 33.1 Å². The van der Waals surface area contributed by atoms with Crippen molar-refractivity contribution in [1.29, 1.82) is 0 Å². The Bertz CT molecular complexity index is 819. The molecule has 2 aromatic carbocycles. The Morgan fingerprint density at radius 1 is 1.12 bits per heavy atom. The van der Waals surface area contributed by atoms with E-state index in [2.05, 4.69) is 24.5 Å². The van der Waals surface area contributed by atoms with Crippen molar-refractivity contribution in [2.75, 3.05) is 17.7 Å². The fraction of sp³-hybridized carbons (Fsp3) is 0.300. The number of nitrogens with one attached hydrogen (secondary N) is 2. The first-order valence-corrected chi connectivity index (χ1v) is 8.72. The first kappa shape index (κ1) is 19.8. The minimum Gasteiger partial charge on any atom is -0.495 e. The lowest BCUT2D eigenvalue weighted by Gasteiger charge is -2.16. The van der Waals surface area contributed by atoms with Gasteiger partial charge < -0.3 is 15.4 Å². The number of methoxy groups -OCH3 is 1. The van der Waals surface area contributed by atoms with E-state index in [0.29, 0.717) is 16.5 Å². The minimum absolute atomic E-state index is 0.264. The summed E-state index contributed by atoms with van der Waals surface area (Å²) < 4.78 is 5.07. The summed E-state index contributed by atoms with van der Waals surface area (Å²) in [4.78, 5) is 24.4. The van der Waals surface area contributed by atoms with Gasteiger partial charge in [-0.15, -0.1) is 0 Å². The van der Waals surface area contributed by atoms with E-state index >= 15 is 0 Å². The predicted octanol–water partition coefficient (Wildman–Crippen LogP) is 4.75. The molecule has 0 atom stereocenters. The van der Waals surface area contributed by atoms with Gasteiger partial charge in [0.1, 0.15) is 12.2 Å².